The van der Waals surface area contributed by atoms with Crippen LogP contribution in [0, 0.1) is 0 Å². The molecule has 1 atom stereocenters. The Hall–Kier alpha value is -0.760. The SMILES string of the molecule is CC1C=C(CN2CCC2)C=CN1. The maximum Gasteiger partial charge on any atom is 0.0416 e. The molecule has 2 rings (SSSR count). The van der Waals surface area contributed by atoms with Gasteiger partial charge >= 0.3 is 0 Å². The molecule has 0 aromatic carbocycles. The largest absolute Gasteiger partial charge is 0.385 e. The molecular formula is C10H16N2. The molecule has 0 aromatic rings. The monoisotopic (exact) mass is 164 g/mol. The van der Waals surface area contributed by atoms with Crippen molar-refractivity contribution in [2.24, 2.45) is 0 Å². The van der Waals surface area contributed by atoms with E-state index >= 15 is 0 Å². The third-order valence-corrected chi connectivity index (χ3v) is 2.48. The van der Waals surface area contributed by atoms with Gasteiger partial charge in [-0.25, -0.2) is 0 Å². The lowest BCUT2D eigenvalue weighted by molar-refractivity contribution is 0.199. The topological polar surface area (TPSA) is 15.3 Å². The van der Waals surface area contributed by atoms with Gasteiger partial charge in [0.25, 0.3) is 0 Å². The third kappa shape index (κ3) is 1.69. The summed E-state index contributed by atoms with van der Waals surface area (Å²) in [4.78, 5) is 2.48. The summed E-state index contributed by atoms with van der Waals surface area (Å²) in [5, 5.41) is 3.25. The molecule has 2 heteroatoms. The highest BCUT2D eigenvalue weighted by atomic mass is 15.2. The van der Waals surface area contributed by atoms with Crippen LogP contribution in [0.5, 0.6) is 0 Å². The molecule has 2 nitrogen and oxygen atoms in total. The maximum absolute atomic E-state index is 3.25. The summed E-state index contributed by atoms with van der Waals surface area (Å²) in [6, 6.07) is 0.506. The Balaban J connectivity index is 1.89. The highest BCUT2D eigenvalue weighted by Gasteiger charge is 2.14. The van der Waals surface area contributed by atoms with Crippen molar-refractivity contribution in [3.05, 3.63) is 23.9 Å². The highest BCUT2D eigenvalue weighted by Crippen LogP contribution is 2.12. The lowest BCUT2D eigenvalue weighted by Gasteiger charge is -2.31. The van der Waals surface area contributed by atoms with Crippen molar-refractivity contribution in [3.63, 3.8) is 0 Å². The number of hydrogen-bond donors (Lipinski definition) is 1. The zero-order chi connectivity index (χ0) is 8.39. The number of nitrogens with one attached hydrogen (secondary N) is 1. The zero-order valence-corrected chi connectivity index (χ0v) is 7.59. The average Bonchev–Trinajstić information content (AvgIpc) is 1.97. The van der Waals surface area contributed by atoms with E-state index in [1.54, 1.807) is 0 Å². The molecular weight excluding hydrogens is 148 g/mol. The molecule has 66 valence electrons. The molecule has 1 N–H and O–H groups in total. The second kappa shape index (κ2) is 3.31. The molecule has 12 heavy (non-hydrogen) atoms. The van der Waals surface area contributed by atoms with Crippen molar-refractivity contribution >= 4 is 0 Å². The zero-order valence-electron chi connectivity index (χ0n) is 7.59. The molecule has 0 bridgehead atoms. The first-order chi connectivity index (χ1) is 5.84. The van der Waals surface area contributed by atoms with Gasteiger partial charge in [-0.05, 0) is 44.3 Å². The molecule has 0 spiro atoms. The number of dihydropyridines is 1. The Bertz CT molecular complexity index is 214. The Morgan fingerprint density at radius 2 is 2.42 bits per heavy atom. The average molecular weight is 164 g/mol. The molecule has 2 aliphatic heterocycles. The first kappa shape index (κ1) is 7.87. The highest BCUT2D eigenvalue weighted by molar-refractivity contribution is 5.25. The minimum absolute atomic E-state index is 0.506. The van der Waals surface area contributed by atoms with Gasteiger partial charge in [-0.1, -0.05) is 6.08 Å². The standard InChI is InChI=1S/C10H16N2/c1-9-7-10(3-4-11-9)8-12-5-2-6-12/h3-4,7,9,11H,2,5-6,8H2,1H3. The smallest absolute Gasteiger partial charge is 0.0416 e. The van der Waals surface area contributed by atoms with Gasteiger partial charge in [-0.2, -0.15) is 0 Å². The van der Waals surface area contributed by atoms with Crippen molar-refractivity contribution in [1.82, 2.24) is 10.2 Å². The summed E-state index contributed by atoms with van der Waals surface area (Å²) in [6.07, 6.45) is 7.92. The molecule has 2 heterocycles. The Labute approximate surface area is 73.9 Å². The van der Waals surface area contributed by atoms with E-state index in [0.29, 0.717) is 6.04 Å². The third-order valence-electron chi connectivity index (χ3n) is 2.48. The van der Waals surface area contributed by atoms with Crippen LogP contribution in [-0.4, -0.2) is 30.6 Å². The minimum Gasteiger partial charge on any atom is -0.385 e. The first-order valence-electron chi connectivity index (χ1n) is 4.70. The molecule has 1 unspecified atom stereocenters. The molecule has 2 aliphatic rings. The quantitative estimate of drug-likeness (QED) is 0.658. The van der Waals surface area contributed by atoms with E-state index in [-0.39, 0.29) is 0 Å². The van der Waals surface area contributed by atoms with Crippen LogP contribution in [0.25, 0.3) is 0 Å². The summed E-state index contributed by atoms with van der Waals surface area (Å²) in [6.45, 7) is 5.89. The normalized spacial score (nSPS) is 29.1. The Morgan fingerprint density at radius 3 is 3.00 bits per heavy atom. The number of hydrogen-bond acceptors (Lipinski definition) is 2. The van der Waals surface area contributed by atoms with Gasteiger partial charge in [0.05, 0.1) is 0 Å². The molecule has 0 amide bonds. The summed E-state index contributed by atoms with van der Waals surface area (Å²) in [5.74, 6) is 0. The van der Waals surface area contributed by atoms with E-state index in [2.05, 4.69) is 35.5 Å². The first-order valence-corrected chi connectivity index (χ1v) is 4.70. The lowest BCUT2D eigenvalue weighted by atomic mass is 10.1. The number of nitrogens with zero attached hydrogens (tertiary/aromatic N) is 1. The molecule has 0 aliphatic carbocycles. The second-order valence-corrected chi connectivity index (χ2v) is 3.66. The predicted octanol–water partition coefficient (Wildman–Crippen LogP) is 1.12. The fourth-order valence-corrected chi connectivity index (χ4v) is 1.64. The van der Waals surface area contributed by atoms with Gasteiger partial charge in [0.2, 0.25) is 0 Å². The second-order valence-electron chi connectivity index (χ2n) is 3.66. The summed E-state index contributed by atoms with van der Waals surface area (Å²) in [7, 11) is 0. The summed E-state index contributed by atoms with van der Waals surface area (Å²) in [5.41, 5.74) is 1.46. The van der Waals surface area contributed by atoms with Crippen LogP contribution in [0.3, 0.4) is 0 Å². The van der Waals surface area contributed by atoms with E-state index < -0.39 is 0 Å². The number of rotatable bonds is 2. The Kier molecular flexibility index (Phi) is 2.17. The number of likely N-dealkylation sites (tertiary alicyclic amines) is 1. The van der Waals surface area contributed by atoms with Gasteiger partial charge in [-0.15, -0.1) is 0 Å². The summed E-state index contributed by atoms with van der Waals surface area (Å²) < 4.78 is 0. The van der Waals surface area contributed by atoms with Crippen LogP contribution < -0.4 is 5.32 Å². The van der Waals surface area contributed by atoms with E-state index in [0.717, 1.165) is 6.54 Å². The minimum atomic E-state index is 0.506. The van der Waals surface area contributed by atoms with Crippen LogP contribution in [0.15, 0.2) is 23.9 Å². The van der Waals surface area contributed by atoms with Crippen molar-refractivity contribution in [2.75, 3.05) is 19.6 Å². The fourth-order valence-electron chi connectivity index (χ4n) is 1.64. The van der Waals surface area contributed by atoms with E-state index in [9.17, 15) is 0 Å². The van der Waals surface area contributed by atoms with Crippen LogP contribution in [-0.2, 0) is 0 Å². The molecule has 0 aromatic heterocycles. The van der Waals surface area contributed by atoms with Crippen molar-refractivity contribution in [2.45, 2.75) is 19.4 Å². The van der Waals surface area contributed by atoms with Crippen LogP contribution in [0.4, 0.5) is 0 Å². The fraction of sp³-hybridized carbons (Fsp3) is 0.600. The molecule has 1 saturated heterocycles. The maximum atomic E-state index is 3.25. The van der Waals surface area contributed by atoms with Crippen molar-refractivity contribution in [1.29, 1.82) is 0 Å². The molecule has 0 radical (unpaired) electrons. The van der Waals surface area contributed by atoms with Gasteiger partial charge in [0.15, 0.2) is 0 Å². The molecule has 1 fully saturated rings. The van der Waals surface area contributed by atoms with Gasteiger partial charge in [0.1, 0.15) is 0 Å². The van der Waals surface area contributed by atoms with E-state index in [1.807, 2.05) is 0 Å². The Morgan fingerprint density at radius 1 is 1.58 bits per heavy atom. The predicted molar refractivity (Wildman–Crippen MR) is 50.9 cm³/mol. The van der Waals surface area contributed by atoms with Crippen molar-refractivity contribution < 1.29 is 0 Å². The van der Waals surface area contributed by atoms with Gasteiger partial charge < -0.3 is 5.32 Å². The van der Waals surface area contributed by atoms with Gasteiger partial charge in [-0.3, -0.25) is 4.90 Å². The van der Waals surface area contributed by atoms with E-state index in [4.69, 9.17) is 0 Å². The molecule has 0 saturated carbocycles. The van der Waals surface area contributed by atoms with Gasteiger partial charge in [0, 0.05) is 12.6 Å². The lowest BCUT2D eigenvalue weighted by Crippen LogP contribution is -2.38. The van der Waals surface area contributed by atoms with Crippen LogP contribution in [0.1, 0.15) is 13.3 Å². The van der Waals surface area contributed by atoms with Crippen LogP contribution in [0.2, 0.25) is 0 Å². The van der Waals surface area contributed by atoms with E-state index in [1.165, 1.54) is 25.1 Å². The van der Waals surface area contributed by atoms with Crippen molar-refractivity contribution in [3.8, 4) is 0 Å². The summed E-state index contributed by atoms with van der Waals surface area (Å²) >= 11 is 0. The van der Waals surface area contributed by atoms with Crippen LogP contribution >= 0.6 is 0 Å².